The van der Waals surface area contributed by atoms with Gasteiger partial charge in [0, 0.05) is 22.8 Å². The Morgan fingerprint density at radius 2 is 2.20 bits per heavy atom. The Balaban J connectivity index is 2.66. The molecule has 0 aliphatic carbocycles. The maximum atomic E-state index is 13.9. The normalized spacial score (nSPS) is 10.6. The lowest BCUT2D eigenvalue weighted by atomic mass is 9.97. The second-order valence-corrected chi connectivity index (χ2v) is 4.28. The summed E-state index contributed by atoms with van der Waals surface area (Å²) in [5, 5.41) is 12.5. The molecule has 0 atom stereocenters. The van der Waals surface area contributed by atoms with Crippen LogP contribution < -0.4 is 4.74 Å². The van der Waals surface area contributed by atoms with Gasteiger partial charge < -0.3 is 14.4 Å². The summed E-state index contributed by atoms with van der Waals surface area (Å²) in [7, 11) is 1.47. The number of ether oxygens (including phenoxy) is 1. The van der Waals surface area contributed by atoms with Crippen molar-refractivity contribution in [2.45, 2.75) is 20.3 Å². The van der Waals surface area contributed by atoms with Gasteiger partial charge in [0.15, 0.2) is 0 Å². The van der Waals surface area contributed by atoms with Crippen LogP contribution in [0.25, 0.3) is 11.3 Å². The summed E-state index contributed by atoms with van der Waals surface area (Å²) in [6.45, 7) is 3.53. The van der Waals surface area contributed by atoms with Crippen LogP contribution in [-0.4, -0.2) is 23.3 Å². The number of halogens is 1. The molecule has 0 bridgehead atoms. The molecule has 0 aliphatic rings. The predicted molar refractivity (Wildman–Crippen MR) is 69.5 cm³/mol. The minimum absolute atomic E-state index is 0.274. The number of benzene rings is 1. The number of aromatic nitrogens is 1. The van der Waals surface area contributed by atoms with E-state index in [4.69, 9.17) is 14.4 Å². The van der Waals surface area contributed by atoms with Crippen molar-refractivity contribution in [1.29, 1.82) is 0 Å². The first-order chi connectivity index (χ1) is 9.49. The van der Waals surface area contributed by atoms with Gasteiger partial charge >= 0.3 is 5.97 Å². The number of carbonyl (C=O) groups is 1. The lowest BCUT2D eigenvalue weighted by Gasteiger charge is -2.14. The van der Waals surface area contributed by atoms with Crippen molar-refractivity contribution < 1.29 is 23.6 Å². The Morgan fingerprint density at radius 3 is 2.70 bits per heavy atom. The number of rotatable bonds is 4. The molecule has 1 heterocycles. The molecular weight excluding hydrogens is 265 g/mol. The number of carboxylic acid groups (broad SMARTS) is 1. The minimum atomic E-state index is -1.22. The number of nitrogens with zero attached hydrogens (tertiary/aromatic N) is 1. The van der Waals surface area contributed by atoms with Crippen LogP contribution in [0.4, 0.5) is 4.39 Å². The summed E-state index contributed by atoms with van der Waals surface area (Å²) in [5.74, 6) is -1.50. The van der Waals surface area contributed by atoms with Gasteiger partial charge in [-0.25, -0.2) is 9.18 Å². The number of hydrogen-bond acceptors (Lipinski definition) is 4. The van der Waals surface area contributed by atoms with Crippen molar-refractivity contribution in [2.24, 2.45) is 0 Å². The summed E-state index contributed by atoms with van der Waals surface area (Å²) >= 11 is 0. The van der Waals surface area contributed by atoms with E-state index in [2.05, 4.69) is 5.16 Å². The van der Waals surface area contributed by atoms with Crippen molar-refractivity contribution in [2.75, 3.05) is 7.11 Å². The fourth-order valence-electron chi connectivity index (χ4n) is 2.14. The number of carboxylic acids is 1. The van der Waals surface area contributed by atoms with Crippen molar-refractivity contribution in [3.63, 3.8) is 0 Å². The first-order valence-corrected chi connectivity index (χ1v) is 6.05. The van der Waals surface area contributed by atoms with Crippen LogP contribution in [-0.2, 0) is 6.42 Å². The van der Waals surface area contributed by atoms with Crippen LogP contribution in [0, 0.1) is 12.7 Å². The third-order valence-corrected chi connectivity index (χ3v) is 3.12. The zero-order valence-electron chi connectivity index (χ0n) is 11.4. The zero-order chi connectivity index (χ0) is 14.9. The molecular formula is C14H14FNO4. The van der Waals surface area contributed by atoms with E-state index in [1.54, 1.807) is 6.92 Å². The predicted octanol–water partition coefficient (Wildman–Crippen LogP) is 3.06. The Kier molecular flexibility index (Phi) is 3.74. The van der Waals surface area contributed by atoms with Gasteiger partial charge in [-0.3, -0.25) is 0 Å². The van der Waals surface area contributed by atoms with E-state index >= 15 is 0 Å². The van der Waals surface area contributed by atoms with Crippen LogP contribution >= 0.6 is 0 Å². The lowest BCUT2D eigenvalue weighted by Crippen LogP contribution is -2.00. The van der Waals surface area contributed by atoms with E-state index in [1.165, 1.54) is 19.2 Å². The Morgan fingerprint density at radius 1 is 1.50 bits per heavy atom. The third-order valence-electron chi connectivity index (χ3n) is 3.12. The van der Waals surface area contributed by atoms with Gasteiger partial charge in [-0.15, -0.1) is 0 Å². The lowest BCUT2D eigenvalue weighted by molar-refractivity contribution is 0.0652. The van der Waals surface area contributed by atoms with Gasteiger partial charge in [-0.1, -0.05) is 12.1 Å². The highest BCUT2D eigenvalue weighted by Crippen LogP contribution is 2.35. The fraction of sp³-hybridized carbons (Fsp3) is 0.286. The van der Waals surface area contributed by atoms with E-state index in [0.29, 0.717) is 23.3 Å². The van der Waals surface area contributed by atoms with Crippen LogP contribution in [0.2, 0.25) is 0 Å². The minimum Gasteiger partial charge on any atom is -0.496 e. The highest BCUT2D eigenvalue weighted by molar-refractivity contribution is 5.86. The number of aromatic carboxylic acids is 1. The SMILES string of the molecule is CCc1c(-c2cc(C(=O)O)on2)cc(F)c(C)c1OC. The Labute approximate surface area is 115 Å². The third kappa shape index (κ3) is 2.24. The monoisotopic (exact) mass is 279 g/mol. The van der Waals surface area contributed by atoms with Crippen LogP contribution in [0.1, 0.15) is 28.6 Å². The molecule has 2 aromatic rings. The molecule has 0 unspecified atom stereocenters. The molecule has 0 radical (unpaired) electrons. The average molecular weight is 279 g/mol. The zero-order valence-corrected chi connectivity index (χ0v) is 11.4. The van der Waals surface area contributed by atoms with E-state index in [1.807, 2.05) is 6.92 Å². The summed E-state index contributed by atoms with van der Waals surface area (Å²) in [6, 6.07) is 2.59. The molecule has 6 heteroatoms. The van der Waals surface area contributed by atoms with E-state index < -0.39 is 11.8 Å². The van der Waals surface area contributed by atoms with Gasteiger partial charge in [0.1, 0.15) is 17.3 Å². The molecule has 0 saturated carbocycles. The highest BCUT2D eigenvalue weighted by Gasteiger charge is 2.20. The summed E-state index contributed by atoms with van der Waals surface area (Å²) in [6.07, 6.45) is 0.592. The first kappa shape index (κ1) is 14.0. The second-order valence-electron chi connectivity index (χ2n) is 4.28. The van der Waals surface area contributed by atoms with Crippen LogP contribution in [0.3, 0.4) is 0 Å². The molecule has 20 heavy (non-hydrogen) atoms. The van der Waals surface area contributed by atoms with Gasteiger partial charge in [0.05, 0.1) is 7.11 Å². The van der Waals surface area contributed by atoms with Crippen LogP contribution in [0.5, 0.6) is 5.75 Å². The first-order valence-electron chi connectivity index (χ1n) is 6.05. The van der Waals surface area contributed by atoms with Gasteiger partial charge in [0.25, 0.3) is 0 Å². The van der Waals surface area contributed by atoms with Crippen molar-refractivity contribution in [1.82, 2.24) is 5.16 Å². The quantitative estimate of drug-likeness (QED) is 0.931. The van der Waals surface area contributed by atoms with E-state index in [-0.39, 0.29) is 11.5 Å². The summed E-state index contributed by atoms with van der Waals surface area (Å²) in [4.78, 5) is 10.8. The maximum absolute atomic E-state index is 13.9. The molecule has 106 valence electrons. The van der Waals surface area contributed by atoms with Crippen molar-refractivity contribution in [3.05, 3.63) is 34.8 Å². The second kappa shape index (κ2) is 5.32. The molecule has 1 aromatic heterocycles. The highest BCUT2D eigenvalue weighted by atomic mass is 19.1. The maximum Gasteiger partial charge on any atom is 0.374 e. The molecule has 1 N–H and O–H groups in total. The molecule has 0 amide bonds. The molecule has 1 aromatic carbocycles. The fourth-order valence-corrected chi connectivity index (χ4v) is 2.14. The molecule has 0 fully saturated rings. The van der Waals surface area contributed by atoms with Gasteiger partial charge in [-0.2, -0.15) is 0 Å². The van der Waals surface area contributed by atoms with Crippen molar-refractivity contribution >= 4 is 5.97 Å². The molecule has 0 saturated heterocycles. The largest absolute Gasteiger partial charge is 0.496 e. The van der Waals surface area contributed by atoms with E-state index in [0.717, 1.165) is 5.56 Å². The molecule has 0 aliphatic heterocycles. The van der Waals surface area contributed by atoms with Crippen molar-refractivity contribution in [3.8, 4) is 17.0 Å². The van der Waals surface area contributed by atoms with Gasteiger partial charge in [0.2, 0.25) is 5.76 Å². The standard InChI is InChI=1S/C14H14FNO4/c1-4-8-9(5-10(15)7(2)13(8)19-3)11-6-12(14(17)18)20-16-11/h5-6H,4H2,1-3H3,(H,17,18). The molecule has 5 nitrogen and oxygen atoms in total. The van der Waals surface area contributed by atoms with E-state index in [9.17, 15) is 9.18 Å². The topological polar surface area (TPSA) is 72.6 Å². The summed E-state index contributed by atoms with van der Waals surface area (Å²) in [5.41, 5.74) is 1.92. The molecule has 2 rings (SSSR count). The summed E-state index contributed by atoms with van der Waals surface area (Å²) < 4.78 is 23.9. The smallest absolute Gasteiger partial charge is 0.374 e. The molecule has 0 spiro atoms. The Hall–Kier alpha value is -2.37. The van der Waals surface area contributed by atoms with Crippen LogP contribution in [0.15, 0.2) is 16.7 Å². The van der Waals surface area contributed by atoms with Gasteiger partial charge in [-0.05, 0) is 19.4 Å². The average Bonchev–Trinajstić information content (AvgIpc) is 2.90. The Bertz CT molecular complexity index is 663. The number of hydrogen-bond donors (Lipinski definition) is 1. The number of methoxy groups -OCH3 is 1.